The molecule has 0 fully saturated rings. The van der Waals surface area contributed by atoms with Gasteiger partial charge in [0.1, 0.15) is 5.52 Å². The number of fused-ring (bicyclic) bond motifs is 1. The third kappa shape index (κ3) is 4.66. The highest BCUT2D eigenvalue weighted by Crippen LogP contribution is 2.27. The second-order valence-corrected chi connectivity index (χ2v) is 8.11. The number of benzene rings is 3. The van der Waals surface area contributed by atoms with Crippen molar-refractivity contribution < 1.29 is 9.21 Å². The van der Waals surface area contributed by atoms with Crippen LogP contribution in [0.3, 0.4) is 0 Å². The zero-order chi connectivity index (χ0) is 21.1. The number of carbonyl (C=O) groups excluding carboxylic acids is 1. The quantitative estimate of drug-likeness (QED) is 0.385. The summed E-state index contributed by atoms with van der Waals surface area (Å²) >= 11 is 12.1. The maximum Gasteiger partial charge on any atom is 0.307 e. The fourth-order valence-electron chi connectivity index (χ4n) is 3.51. The summed E-state index contributed by atoms with van der Waals surface area (Å²) < 4.78 is 5.61. The van der Waals surface area contributed by atoms with Gasteiger partial charge in [0, 0.05) is 22.0 Å². The Balaban J connectivity index is 1.57. The molecule has 30 heavy (non-hydrogen) atoms. The van der Waals surface area contributed by atoms with E-state index in [-0.39, 0.29) is 23.8 Å². The largest absolute Gasteiger partial charge is 0.432 e. The number of halogens is 2. The number of amides is 1. The first-order valence-electron chi connectivity index (χ1n) is 9.66. The van der Waals surface area contributed by atoms with Gasteiger partial charge in [0.2, 0.25) is 0 Å². The van der Waals surface area contributed by atoms with Crippen LogP contribution in [0, 0.1) is 0 Å². The Morgan fingerprint density at radius 2 is 1.60 bits per heavy atom. The van der Waals surface area contributed by atoms with E-state index in [0.29, 0.717) is 21.1 Å². The first-order valence-corrected chi connectivity index (χ1v) is 10.4. The van der Waals surface area contributed by atoms with E-state index in [1.807, 2.05) is 73.7 Å². The summed E-state index contributed by atoms with van der Waals surface area (Å²) in [5.41, 5.74) is 3.46. The van der Waals surface area contributed by atoms with Gasteiger partial charge in [-0.05, 0) is 60.9 Å². The number of hydrogen-bond acceptors (Lipinski definition) is 3. The second-order valence-electron chi connectivity index (χ2n) is 7.24. The van der Waals surface area contributed by atoms with E-state index in [4.69, 9.17) is 27.6 Å². The Kier molecular flexibility index (Phi) is 6.07. The first-order chi connectivity index (χ1) is 14.5. The Morgan fingerprint density at radius 3 is 2.27 bits per heavy atom. The molecule has 6 heteroatoms. The third-order valence-corrected chi connectivity index (χ3v) is 5.62. The van der Waals surface area contributed by atoms with Crippen molar-refractivity contribution in [2.45, 2.75) is 25.3 Å². The molecule has 2 unspecified atom stereocenters. The Morgan fingerprint density at radius 1 is 0.967 bits per heavy atom. The number of para-hydroxylation sites is 2. The van der Waals surface area contributed by atoms with Crippen molar-refractivity contribution in [3.05, 3.63) is 99.9 Å². The second kappa shape index (κ2) is 8.90. The predicted molar refractivity (Wildman–Crippen MR) is 120 cm³/mol. The monoisotopic (exact) mass is 438 g/mol. The van der Waals surface area contributed by atoms with Crippen molar-refractivity contribution in [3.63, 3.8) is 0 Å². The minimum Gasteiger partial charge on any atom is -0.432 e. The molecule has 0 aliphatic heterocycles. The van der Waals surface area contributed by atoms with E-state index in [1.54, 1.807) is 6.07 Å². The van der Waals surface area contributed by atoms with E-state index in [0.717, 1.165) is 17.5 Å². The molecule has 1 heterocycles. The number of aromatic nitrogens is 1. The molecule has 0 saturated carbocycles. The lowest BCUT2D eigenvalue weighted by Crippen LogP contribution is -2.38. The normalized spacial score (nSPS) is 13.2. The van der Waals surface area contributed by atoms with Crippen molar-refractivity contribution >= 4 is 40.2 Å². The van der Waals surface area contributed by atoms with Gasteiger partial charge in [-0.25, -0.2) is 4.98 Å². The topological polar surface area (TPSA) is 55.1 Å². The Labute approximate surface area is 184 Å². The lowest BCUT2D eigenvalue weighted by Gasteiger charge is -2.25. The van der Waals surface area contributed by atoms with Crippen molar-refractivity contribution in [1.82, 2.24) is 10.3 Å². The number of carbonyl (C=O) groups is 1. The molecule has 0 radical (unpaired) electrons. The molecule has 0 bridgehead atoms. The van der Waals surface area contributed by atoms with Gasteiger partial charge in [-0.15, -0.1) is 0 Å². The van der Waals surface area contributed by atoms with Crippen LogP contribution in [0.1, 0.15) is 34.7 Å². The molecule has 3 aromatic carbocycles. The van der Waals surface area contributed by atoms with Crippen molar-refractivity contribution in [2.24, 2.45) is 0 Å². The zero-order valence-corrected chi connectivity index (χ0v) is 17.8. The highest BCUT2D eigenvalue weighted by atomic mass is 35.5. The molecule has 0 aliphatic rings. The van der Waals surface area contributed by atoms with Gasteiger partial charge in [0.15, 0.2) is 5.58 Å². The van der Waals surface area contributed by atoms with Crippen LogP contribution in [-0.4, -0.2) is 16.9 Å². The van der Waals surface area contributed by atoms with E-state index < -0.39 is 0 Å². The maximum absolute atomic E-state index is 12.8. The van der Waals surface area contributed by atoms with Crippen molar-refractivity contribution in [2.75, 3.05) is 0 Å². The lowest BCUT2D eigenvalue weighted by molar-refractivity contribution is 0.0901. The molecule has 1 amide bonds. The highest BCUT2D eigenvalue weighted by Gasteiger charge is 2.24. The fraction of sp³-hybridized carbons (Fsp3) is 0.167. The fourth-order valence-corrected chi connectivity index (χ4v) is 3.76. The molecule has 0 spiro atoms. The van der Waals surface area contributed by atoms with Gasteiger partial charge >= 0.3 is 5.91 Å². The Bertz CT molecular complexity index is 1120. The molecule has 4 nitrogen and oxygen atoms in total. The van der Waals surface area contributed by atoms with Crippen LogP contribution in [0.2, 0.25) is 10.0 Å². The maximum atomic E-state index is 12.8. The number of oxazole rings is 1. The standard InChI is InChI=1S/C24H20Cl2N2O2/c1-15(27-23(29)24-28-21-4-2-3-5-22(21)30-24)20(17-8-12-19(26)13-9-17)14-16-6-10-18(25)11-7-16/h2-13,15,20H,14H2,1H3,(H,27,29). The third-order valence-electron chi connectivity index (χ3n) is 5.12. The zero-order valence-electron chi connectivity index (χ0n) is 16.3. The molecule has 1 aromatic heterocycles. The van der Waals surface area contributed by atoms with Crippen LogP contribution in [0.15, 0.2) is 77.2 Å². The molecular weight excluding hydrogens is 419 g/mol. The summed E-state index contributed by atoms with van der Waals surface area (Å²) in [4.78, 5) is 17.1. The summed E-state index contributed by atoms with van der Waals surface area (Å²) in [5.74, 6) is -0.255. The average Bonchev–Trinajstić information content (AvgIpc) is 3.18. The van der Waals surface area contributed by atoms with Crippen LogP contribution >= 0.6 is 23.2 Å². The van der Waals surface area contributed by atoms with E-state index >= 15 is 0 Å². The van der Waals surface area contributed by atoms with Crippen LogP contribution in [0.5, 0.6) is 0 Å². The lowest BCUT2D eigenvalue weighted by atomic mass is 9.86. The SMILES string of the molecule is CC(NC(=O)c1nc2ccccc2o1)C(Cc1ccc(Cl)cc1)c1ccc(Cl)cc1. The molecule has 4 aromatic rings. The van der Waals surface area contributed by atoms with Gasteiger partial charge in [0.05, 0.1) is 0 Å². The highest BCUT2D eigenvalue weighted by molar-refractivity contribution is 6.30. The summed E-state index contributed by atoms with van der Waals surface area (Å²) in [7, 11) is 0. The van der Waals surface area contributed by atoms with Crippen LogP contribution in [-0.2, 0) is 6.42 Å². The molecule has 152 valence electrons. The molecule has 4 rings (SSSR count). The summed E-state index contributed by atoms with van der Waals surface area (Å²) in [5, 5.41) is 4.41. The Hall–Kier alpha value is -2.82. The van der Waals surface area contributed by atoms with Crippen molar-refractivity contribution in [1.29, 1.82) is 0 Å². The van der Waals surface area contributed by atoms with Crippen LogP contribution in [0.25, 0.3) is 11.1 Å². The van der Waals surface area contributed by atoms with E-state index in [1.165, 1.54) is 0 Å². The van der Waals surface area contributed by atoms with Crippen LogP contribution < -0.4 is 5.32 Å². The van der Waals surface area contributed by atoms with E-state index in [9.17, 15) is 4.79 Å². The van der Waals surface area contributed by atoms with Gasteiger partial charge < -0.3 is 9.73 Å². The van der Waals surface area contributed by atoms with Crippen LogP contribution in [0.4, 0.5) is 0 Å². The number of rotatable bonds is 6. The van der Waals surface area contributed by atoms with Gasteiger partial charge in [-0.1, -0.05) is 59.6 Å². The summed E-state index contributed by atoms with van der Waals surface area (Å²) in [6.45, 7) is 1.98. The van der Waals surface area contributed by atoms with Gasteiger partial charge in [-0.2, -0.15) is 0 Å². The predicted octanol–water partition coefficient (Wildman–Crippen LogP) is 6.28. The number of nitrogens with one attached hydrogen (secondary N) is 1. The van der Waals surface area contributed by atoms with Gasteiger partial charge in [-0.3, -0.25) is 4.79 Å². The molecule has 1 N–H and O–H groups in total. The molecule has 0 saturated heterocycles. The first kappa shape index (κ1) is 20.5. The van der Waals surface area contributed by atoms with Crippen molar-refractivity contribution in [3.8, 4) is 0 Å². The summed E-state index contributed by atoms with van der Waals surface area (Å²) in [6, 6.07) is 22.6. The summed E-state index contributed by atoms with van der Waals surface area (Å²) in [6.07, 6.45) is 0.730. The number of hydrogen-bond donors (Lipinski definition) is 1. The van der Waals surface area contributed by atoms with Gasteiger partial charge in [0.25, 0.3) is 5.89 Å². The molecule has 2 atom stereocenters. The molecular formula is C24H20Cl2N2O2. The minimum absolute atomic E-state index is 0.0248. The smallest absolute Gasteiger partial charge is 0.307 e. The molecule has 0 aliphatic carbocycles. The van der Waals surface area contributed by atoms with E-state index in [2.05, 4.69) is 10.3 Å². The number of nitrogens with zero attached hydrogens (tertiary/aromatic N) is 1. The average molecular weight is 439 g/mol. The minimum atomic E-state index is -0.339.